The Labute approximate surface area is 476 Å². The fourth-order valence-electron chi connectivity index (χ4n) is 13.9. The molecule has 18 heteroatoms. The molecule has 0 saturated heterocycles. The number of sulfonamides is 2. The zero-order chi connectivity index (χ0) is 55.2. The van der Waals surface area contributed by atoms with E-state index in [1.165, 1.54) is 11.1 Å². The molecule has 7 aliphatic rings. The molecule has 2 amide bonds. The molecule has 2 saturated carbocycles. The Morgan fingerprint density at radius 1 is 0.633 bits per heavy atom. The van der Waals surface area contributed by atoms with Gasteiger partial charge in [0.25, 0.3) is 11.8 Å². The van der Waals surface area contributed by atoms with Gasteiger partial charge in [-0.05, 0) is 205 Å². The average molecular weight is 1160 g/mol. The standard InChI is InChI=1S/C61H76Cl2N4O10S2/c1-38-10-3-5-14-54(68)49-22-17-43(49)33-66-27-8-7-12-40-28-47(62)20-16-45(40)35-75-58-53(66)31-46(60(70)65-79(38,73)74)32-57(58)77-55-15-6-4-11-39(2)78(71,72)64-59(69)42-19-25-56-52(30-42)67(34-44-18-23-50(44)55)36-61(37-76-56)26-9-13-41-29-48(63)21-24-51(41)61/h16,19-21,24-25,28-32,38-39,43-44,49-50,54-55,68H,3-15,17-18,22-23,26-27,33-37H2,1-2H3,(H,64,69)(H,65,70)/t38-,39+,43-,44-,49+,50+,54+,55+,61-/m0/s1. The summed E-state index contributed by atoms with van der Waals surface area (Å²) >= 11 is 13.2. The number of anilines is 2. The second kappa shape index (κ2) is 23.3. The Hall–Kier alpha value is -4.74. The Balaban J connectivity index is 1.02. The van der Waals surface area contributed by atoms with Crippen LogP contribution in [0.25, 0.3) is 0 Å². The van der Waals surface area contributed by atoms with Crippen molar-refractivity contribution in [3.63, 3.8) is 0 Å². The van der Waals surface area contributed by atoms with Gasteiger partial charge in [-0.2, -0.15) is 0 Å². The van der Waals surface area contributed by atoms with Gasteiger partial charge < -0.3 is 29.1 Å². The van der Waals surface area contributed by atoms with E-state index in [4.69, 9.17) is 37.4 Å². The number of rotatable bonds is 2. The molecule has 426 valence electrons. The molecule has 11 rings (SSSR count). The second-order valence-corrected chi connectivity index (χ2v) is 29.2. The van der Waals surface area contributed by atoms with Crippen LogP contribution in [0.1, 0.15) is 160 Å². The highest BCUT2D eigenvalue weighted by Crippen LogP contribution is 2.50. The predicted octanol–water partition coefficient (Wildman–Crippen LogP) is 11.1. The largest absolute Gasteiger partial charge is 0.490 e. The fraction of sp³-hybridized carbons (Fsp3) is 0.574. The van der Waals surface area contributed by atoms with Gasteiger partial charge in [0, 0.05) is 58.7 Å². The maximum absolute atomic E-state index is 14.7. The van der Waals surface area contributed by atoms with Gasteiger partial charge in [-0.3, -0.25) is 9.59 Å². The molecule has 1 spiro atoms. The molecule has 3 N–H and O–H groups in total. The first kappa shape index (κ1) is 56.1. The van der Waals surface area contributed by atoms with E-state index < -0.39 is 60.0 Å². The normalized spacial score (nSPS) is 30.2. The van der Waals surface area contributed by atoms with Crippen molar-refractivity contribution in [2.75, 3.05) is 42.6 Å². The van der Waals surface area contributed by atoms with Gasteiger partial charge in [-0.1, -0.05) is 54.6 Å². The molecule has 9 atom stereocenters. The lowest BCUT2D eigenvalue weighted by Crippen LogP contribution is -2.50. The van der Waals surface area contributed by atoms with Crippen LogP contribution in [0.5, 0.6) is 17.2 Å². The summed E-state index contributed by atoms with van der Waals surface area (Å²) in [6.45, 7) is 6.25. The zero-order valence-electron chi connectivity index (χ0n) is 45.5. The number of aliphatic hydroxyl groups is 1. The number of aryl methyl sites for hydroxylation is 2. The number of carbonyl (C=O) groups excluding carboxylic acids is 2. The maximum Gasteiger partial charge on any atom is 0.264 e. The first-order chi connectivity index (χ1) is 37.9. The van der Waals surface area contributed by atoms with Crippen LogP contribution in [-0.2, 0) is 44.9 Å². The minimum absolute atomic E-state index is 0.000364. The Bertz CT molecular complexity index is 3180. The monoisotopic (exact) mass is 1160 g/mol. The van der Waals surface area contributed by atoms with Crippen molar-refractivity contribution >= 4 is 66.4 Å². The van der Waals surface area contributed by atoms with Gasteiger partial charge in [0.1, 0.15) is 18.5 Å². The Morgan fingerprint density at radius 2 is 1.28 bits per heavy atom. The topological polar surface area (TPSA) is 181 Å². The highest BCUT2D eigenvalue weighted by Gasteiger charge is 2.46. The van der Waals surface area contributed by atoms with E-state index in [0.29, 0.717) is 117 Å². The number of nitrogens with zero attached hydrogens (tertiary/aromatic N) is 2. The van der Waals surface area contributed by atoms with E-state index in [2.05, 4.69) is 31.4 Å². The number of fused-ring (bicyclic) bond motifs is 7. The van der Waals surface area contributed by atoms with Crippen molar-refractivity contribution in [1.82, 2.24) is 9.44 Å². The van der Waals surface area contributed by atoms with Crippen LogP contribution in [0.4, 0.5) is 11.4 Å². The molecule has 0 aromatic heterocycles. The van der Waals surface area contributed by atoms with E-state index in [1.54, 1.807) is 44.2 Å². The summed E-state index contributed by atoms with van der Waals surface area (Å²) in [6.07, 6.45) is 12.1. The van der Waals surface area contributed by atoms with Crippen LogP contribution in [0, 0.1) is 23.7 Å². The quantitative estimate of drug-likeness (QED) is 0.173. The lowest BCUT2D eigenvalue weighted by molar-refractivity contribution is 0.00928. The molecule has 4 aliphatic heterocycles. The zero-order valence-corrected chi connectivity index (χ0v) is 48.7. The van der Waals surface area contributed by atoms with Crippen LogP contribution >= 0.6 is 23.2 Å². The van der Waals surface area contributed by atoms with E-state index in [-0.39, 0.29) is 41.4 Å². The van der Waals surface area contributed by atoms with Crippen molar-refractivity contribution in [1.29, 1.82) is 0 Å². The van der Waals surface area contributed by atoms with E-state index in [1.807, 2.05) is 24.3 Å². The minimum atomic E-state index is -4.11. The van der Waals surface area contributed by atoms with Crippen molar-refractivity contribution in [2.45, 2.75) is 164 Å². The lowest BCUT2D eigenvalue weighted by Gasteiger charge is -2.46. The van der Waals surface area contributed by atoms with Crippen molar-refractivity contribution in [3.05, 3.63) is 110 Å². The van der Waals surface area contributed by atoms with Gasteiger partial charge >= 0.3 is 0 Å². The van der Waals surface area contributed by atoms with Gasteiger partial charge in [-0.15, -0.1) is 0 Å². The molecule has 0 radical (unpaired) electrons. The molecular formula is C61H76Cl2N4O10S2. The molecule has 14 nitrogen and oxygen atoms in total. The van der Waals surface area contributed by atoms with Gasteiger partial charge in [0.2, 0.25) is 20.0 Å². The van der Waals surface area contributed by atoms with Crippen LogP contribution in [0.3, 0.4) is 0 Å². The third kappa shape index (κ3) is 12.0. The molecule has 4 bridgehead atoms. The number of aliphatic hydroxyl groups excluding tert-OH is 1. The van der Waals surface area contributed by atoms with Gasteiger partial charge in [0.15, 0.2) is 11.5 Å². The van der Waals surface area contributed by atoms with Crippen molar-refractivity contribution in [2.24, 2.45) is 23.7 Å². The number of halogens is 2. The first-order valence-electron chi connectivity index (χ1n) is 29.0. The third-order valence-electron chi connectivity index (χ3n) is 19.0. The Kier molecular flexibility index (Phi) is 16.5. The summed E-state index contributed by atoms with van der Waals surface area (Å²) in [7, 11) is -8.17. The summed E-state index contributed by atoms with van der Waals surface area (Å²) in [5.74, 6) is 0.356. The highest BCUT2D eigenvalue weighted by atomic mass is 35.5. The summed E-state index contributed by atoms with van der Waals surface area (Å²) in [5, 5.41) is 11.2. The van der Waals surface area contributed by atoms with E-state index in [0.717, 1.165) is 81.0 Å². The first-order valence-corrected chi connectivity index (χ1v) is 32.9. The van der Waals surface area contributed by atoms with Crippen LogP contribution in [-0.4, -0.2) is 89.3 Å². The summed E-state index contributed by atoms with van der Waals surface area (Å²) < 4.78 is 81.9. The minimum Gasteiger partial charge on any atom is -0.490 e. The second-order valence-electron chi connectivity index (χ2n) is 24.1. The number of amides is 2. The van der Waals surface area contributed by atoms with Crippen LogP contribution in [0.15, 0.2) is 66.7 Å². The fourth-order valence-corrected chi connectivity index (χ4v) is 16.4. The molecule has 4 aromatic rings. The number of ether oxygens (including phenoxy) is 3. The summed E-state index contributed by atoms with van der Waals surface area (Å²) in [4.78, 5) is 33.2. The maximum atomic E-state index is 14.7. The third-order valence-corrected chi connectivity index (χ3v) is 23.0. The molecule has 2 fully saturated rings. The van der Waals surface area contributed by atoms with Gasteiger partial charge in [-0.25, -0.2) is 26.3 Å². The molecule has 79 heavy (non-hydrogen) atoms. The van der Waals surface area contributed by atoms with Crippen LogP contribution in [0.2, 0.25) is 10.0 Å². The van der Waals surface area contributed by atoms with Crippen molar-refractivity contribution in [3.8, 4) is 17.2 Å². The van der Waals surface area contributed by atoms with Gasteiger partial charge in [0.05, 0.1) is 34.6 Å². The van der Waals surface area contributed by atoms with E-state index >= 15 is 0 Å². The molecule has 4 heterocycles. The predicted molar refractivity (Wildman–Crippen MR) is 309 cm³/mol. The lowest BCUT2D eigenvalue weighted by atomic mass is 9.68. The molecule has 0 unspecified atom stereocenters. The molecule has 4 aromatic carbocycles. The SMILES string of the molecule is C[C@@H]1CCCC[C@@H](Oc2cc3cc4c2OCc2ccc(Cl)cc2CCCCN4C[C@@H]2CC[C@H]2[C@H](O)CCCC[C@H](C)S(=O)(=O)NC3=O)[C@@H]2CC[C@H]2CN2C[C@@]3(CCCc4cc(Cl)ccc43)COc3ccc(cc32)C(=O)NS1(=O)=O. The van der Waals surface area contributed by atoms with E-state index in [9.17, 15) is 31.5 Å². The number of benzene rings is 4. The number of nitrogens with one attached hydrogen (secondary N) is 2. The average Bonchev–Trinajstić information content (AvgIpc) is 3.84. The highest BCUT2D eigenvalue weighted by molar-refractivity contribution is 7.91. The summed E-state index contributed by atoms with van der Waals surface area (Å²) in [6, 6.07) is 20.6. The summed E-state index contributed by atoms with van der Waals surface area (Å²) in [5.41, 5.74) is 5.77. The number of carbonyl (C=O) groups is 2. The molecular weight excluding hydrogens is 1080 g/mol. The number of hydrogen-bond acceptors (Lipinski definition) is 12. The Morgan fingerprint density at radius 3 is 2.01 bits per heavy atom. The number of hydrogen-bond donors (Lipinski definition) is 3. The smallest absolute Gasteiger partial charge is 0.264 e. The molecule has 3 aliphatic carbocycles. The van der Waals surface area contributed by atoms with Crippen molar-refractivity contribution < 1.29 is 45.7 Å². The van der Waals surface area contributed by atoms with Crippen LogP contribution < -0.4 is 33.5 Å².